The predicted octanol–water partition coefficient (Wildman–Crippen LogP) is 0.841. The summed E-state index contributed by atoms with van der Waals surface area (Å²) >= 11 is 0. The molecule has 1 aliphatic rings. The van der Waals surface area contributed by atoms with E-state index >= 15 is 0 Å². The summed E-state index contributed by atoms with van der Waals surface area (Å²) in [7, 11) is -2.81. The quantitative estimate of drug-likeness (QED) is 0.880. The third kappa shape index (κ3) is 3.80. The number of hydrogen-bond donors (Lipinski definition) is 1. The smallest absolute Gasteiger partial charge is 0.152 e. The summed E-state index contributed by atoms with van der Waals surface area (Å²) in [5, 5.41) is 10.0. The standard InChI is InChI=1S/C13H19NO3S/c15-13(12-4-2-1-3-5-12)6-7-14-8-10-18(16,17)11-9-14/h1-5,13,15H,6-11H2. The molecule has 1 N–H and O–H groups in total. The topological polar surface area (TPSA) is 57.6 Å². The zero-order valence-electron chi connectivity index (χ0n) is 10.3. The van der Waals surface area contributed by atoms with Crippen LogP contribution in [0.1, 0.15) is 18.1 Å². The molecule has 4 nitrogen and oxygen atoms in total. The van der Waals surface area contributed by atoms with E-state index in [-0.39, 0.29) is 11.5 Å². The van der Waals surface area contributed by atoms with Crippen molar-refractivity contribution in [1.29, 1.82) is 0 Å². The molecule has 1 aromatic rings. The molecule has 0 bridgehead atoms. The van der Waals surface area contributed by atoms with E-state index in [9.17, 15) is 13.5 Å². The van der Waals surface area contributed by atoms with Crippen LogP contribution in [-0.4, -0.2) is 49.6 Å². The third-order valence-corrected chi connectivity index (χ3v) is 4.95. The van der Waals surface area contributed by atoms with Gasteiger partial charge in [0.25, 0.3) is 0 Å². The number of benzene rings is 1. The fourth-order valence-corrected chi connectivity index (χ4v) is 3.40. The second-order valence-corrected chi connectivity index (χ2v) is 7.01. The fraction of sp³-hybridized carbons (Fsp3) is 0.538. The zero-order valence-corrected chi connectivity index (χ0v) is 11.1. The van der Waals surface area contributed by atoms with Gasteiger partial charge in [-0.05, 0) is 12.0 Å². The molecule has 0 radical (unpaired) electrons. The molecule has 1 atom stereocenters. The zero-order chi connectivity index (χ0) is 13.0. The van der Waals surface area contributed by atoms with Crippen LogP contribution >= 0.6 is 0 Å². The van der Waals surface area contributed by atoms with E-state index < -0.39 is 15.9 Å². The highest BCUT2D eigenvalue weighted by Gasteiger charge is 2.21. The van der Waals surface area contributed by atoms with Gasteiger partial charge in [0.15, 0.2) is 9.84 Å². The second kappa shape index (κ2) is 5.82. The summed E-state index contributed by atoms with van der Waals surface area (Å²) in [6.45, 7) is 1.92. The third-order valence-electron chi connectivity index (χ3n) is 3.34. The second-order valence-electron chi connectivity index (χ2n) is 4.71. The lowest BCUT2D eigenvalue weighted by Gasteiger charge is -2.27. The first kappa shape index (κ1) is 13.5. The Morgan fingerprint density at radius 2 is 1.78 bits per heavy atom. The van der Waals surface area contributed by atoms with Crippen LogP contribution < -0.4 is 0 Å². The van der Waals surface area contributed by atoms with E-state index in [2.05, 4.69) is 4.90 Å². The van der Waals surface area contributed by atoms with Crippen molar-refractivity contribution < 1.29 is 13.5 Å². The monoisotopic (exact) mass is 269 g/mol. The van der Waals surface area contributed by atoms with Crippen LogP contribution in [0.2, 0.25) is 0 Å². The number of nitrogens with zero attached hydrogens (tertiary/aromatic N) is 1. The van der Waals surface area contributed by atoms with Gasteiger partial charge in [-0.1, -0.05) is 30.3 Å². The highest BCUT2D eigenvalue weighted by atomic mass is 32.2. The molecule has 1 unspecified atom stereocenters. The number of hydrogen-bond acceptors (Lipinski definition) is 4. The number of aliphatic hydroxyl groups is 1. The Labute approximate surface area is 108 Å². The first-order valence-corrected chi connectivity index (χ1v) is 8.05. The van der Waals surface area contributed by atoms with E-state index in [1.165, 1.54) is 0 Å². The van der Waals surface area contributed by atoms with E-state index in [1.807, 2.05) is 30.3 Å². The van der Waals surface area contributed by atoms with Crippen molar-refractivity contribution >= 4 is 9.84 Å². The Balaban J connectivity index is 1.79. The Kier molecular flexibility index (Phi) is 4.37. The first-order chi connectivity index (χ1) is 8.57. The lowest BCUT2D eigenvalue weighted by atomic mass is 10.1. The van der Waals surface area contributed by atoms with Crippen LogP contribution in [0.25, 0.3) is 0 Å². The number of aliphatic hydroxyl groups excluding tert-OH is 1. The van der Waals surface area contributed by atoms with E-state index in [1.54, 1.807) is 0 Å². The minimum absolute atomic E-state index is 0.244. The molecule has 1 heterocycles. The molecular formula is C13H19NO3S. The molecule has 1 aromatic carbocycles. The van der Waals surface area contributed by atoms with Crippen molar-refractivity contribution in [1.82, 2.24) is 4.90 Å². The van der Waals surface area contributed by atoms with Crippen LogP contribution in [-0.2, 0) is 9.84 Å². The SMILES string of the molecule is O=S1(=O)CCN(CCC(O)c2ccccc2)CC1. The first-order valence-electron chi connectivity index (χ1n) is 6.23. The van der Waals surface area contributed by atoms with Crippen molar-refractivity contribution in [2.75, 3.05) is 31.1 Å². The molecular weight excluding hydrogens is 250 g/mol. The van der Waals surface area contributed by atoms with Gasteiger partial charge >= 0.3 is 0 Å². The van der Waals surface area contributed by atoms with Gasteiger partial charge in [0.05, 0.1) is 17.6 Å². The van der Waals surface area contributed by atoms with Crippen molar-refractivity contribution in [3.63, 3.8) is 0 Å². The van der Waals surface area contributed by atoms with Crippen LogP contribution in [0.15, 0.2) is 30.3 Å². The normalized spacial score (nSPS) is 21.6. The maximum absolute atomic E-state index is 11.3. The molecule has 2 rings (SSSR count). The van der Waals surface area contributed by atoms with Gasteiger partial charge in [0.2, 0.25) is 0 Å². The fourth-order valence-electron chi connectivity index (χ4n) is 2.12. The van der Waals surface area contributed by atoms with Crippen molar-refractivity contribution in [3.8, 4) is 0 Å². The highest BCUT2D eigenvalue weighted by molar-refractivity contribution is 7.91. The number of sulfone groups is 1. The summed E-state index contributed by atoms with van der Waals surface area (Å²) in [5.41, 5.74) is 0.919. The van der Waals surface area contributed by atoms with E-state index in [4.69, 9.17) is 0 Å². The Morgan fingerprint density at radius 3 is 2.39 bits per heavy atom. The highest BCUT2D eigenvalue weighted by Crippen LogP contribution is 2.17. The largest absolute Gasteiger partial charge is 0.388 e. The van der Waals surface area contributed by atoms with Gasteiger partial charge in [-0.3, -0.25) is 0 Å². The average Bonchev–Trinajstić information content (AvgIpc) is 2.38. The van der Waals surface area contributed by atoms with Crippen molar-refractivity contribution in [2.24, 2.45) is 0 Å². The van der Waals surface area contributed by atoms with Gasteiger partial charge in [-0.15, -0.1) is 0 Å². The molecule has 0 spiro atoms. The summed E-state index contributed by atoms with van der Waals surface area (Å²) in [6.07, 6.45) is 0.175. The van der Waals surface area contributed by atoms with E-state index in [0.717, 1.165) is 12.1 Å². The van der Waals surface area contributed by atoms with Crippen molar-refractivity contribution in [2.45, 2.75) is 12.5 Å². The average molecular weight is 269 g/mol. The minimum Gasteiger partial charge on any atom is -0.388 e. The van der Waals surface area contributed by atoms with Gasteiger partial charge in [-0.25, -0.2) is 8.42 Å². The summed E-state index contributed by atoms with van der Waals surface area (Å²) in [4.78, 5) is 2.10. The Hall–Kier alpha value is -0.910. The lowest BCUT2D eigenvalue weighted by Crippen LogP contribution is -2.40. The summed E-state index contributed by atoms with van der Waals surface area (Å²) in [6, 6.07) is 9.56. The van der Waals surface area contributed by atoms with Gasteiger partial charge in [-0.2, -0.15) is 0 Å². The molecule has 1 saturated heterocycles. The van der Waals surface area contributed by atoms with Crippen LogP contribution in [0, 0.1) is 0 Å². The lowest BCUT2D eigenvalue weighted by molar-refractivity contribution is 0.144. The number of rotatable bonds is 4. The molecule has 5 heteroatoms. The minimum atomic E-state index is -2.81. The van der Waals surface area contributed by atoms with E-state index in [0.29, 0.717) is 19.5 Å². The molecule has 1 aliphatic heterocycles. The molecule has 0 amide bonds. The van der Waals surface area contributed by atoms with Gasteiger partial charge in [0, 0.05) is 19.6 Å². The molecule has 1 fully saturated rings. The molecule has 0 aromatic heterocycles. The summed E-state index contributed by atoms with van der Waals surface area (Å²) < 4.78 is 22.6. The predicted molar refractivity (Wildman–Crippen MR) is 71.1 cm³/mol. The maximum Gasteiger partial charge on any atom is 0.152 e. The van der Waals surface area contributed by atoms with Crippen molar-refractivity contribution in [3.05, 3.63) is 35.9 Å². The molecule has 18 heavy (non-hydrogen) atoms. The molecule has 0 saturated carbocycles. The van der Waals surface area contributed by atoms with Crippen LogP contribution in [0.4, 0.5) is 0 Å². The maximum atomic E-state index is 11.3. The van der Waals surface area contributed by atoms with Crippen LogP contribution in [0.3, 0.4) is 0 Å². The van der Waals surface area contributed by atoms with Crippen LogP contribution in [0.5, 0.6) is 0 Å². The summed E-state index contributed by atoms with van der Waals surface area (Å²) in [5.74, 6) is 0.489. The van der Waals surface area contributed by atoms with Gasteiger partial charge in [0.1, 0.15) is 0 Å². The van der Waals surface area contributed by atoms with Gasteiger partial charge < -0.3 is 10.0 Å². The Bertz CT molecular complexity index is 458. The molecule has 100 valence electrons. The molecule has 0 aliphatic carbocycles. The Morgan fingerprint density at radius 1 is 1.17 bits per heavy atom.